The molecule has 3 heterocycles. The number of anilines is 1. The third kappa shape index (κ3) is 4.32. The lowest BCUT2D eigenvalue weighted by Gasteiger charge is -2.11. The Morgan fingerprint density at radius 3 is 2.94 bits per heavy atom. The summed E-state index contributed by atoms with van der Waals surface area (Å²) >= 11 is 0. The van der Waals surface area contributed by atoms with E-state index in [1.807, 2.05) is 24.3 Å². The van der Waals surface area contributed by atoms with E-state index in [-0.39, 0.29) is 18.1 Å². The number of nitrogens with one attached hydrogen (secondary N) is 1. The van der Waals surface area contributed by atoms with Crippen LogP contribution in [0.2, 0.25) is 0 Å². The van der Waals surface area contributed by atoms with E-state index in [1.165, 1.54) is 25.1 Å². The summed E-state index contributed by atoms with van der Waals surface area (Å²) in [4.78, 5) is 21.4. The smallest absolute Gasteiger partial charge is 0.224 e. The van der Waals surface area contributed by atoms with Crippen LogP contribution in [0.3, 0.4) is 0 Å². The van der Waals surface area contributed by atoms with Crippen molar-refractivity contribution in [2.24, 2.45) is 0 Å². The molecular formula is C25H23FN4O2. The van der Waals surface area contributed by atoms with Gasteiger partial charge >= 0.3 is 0 Å². The molecular weight excluding hydrogens is 407 g/mol. The summed E-state index contributed by atoms with van der Waals surface area (Å²) < 4.78 is 21.8. The van der Waals surface area contributed by atoms with Gasteiger partial charge in [-0.3, -0.25) is 4.79 Å². The molecule has 0 fully saturated rings. The molecule has 6 nitrogen and oxygen atoms in total. The summed E-state index contributed by atoms with van der Waals surface area (Å²) in [5, 5.41) is 2.93. The van der Waals surface area contributed by atoms with Gasteiger partial charge in [-0.05, 0) is 37.1 Å². The molecule has 0 saturated heterocycles. The average molecular weight is 430 g/mol. The van der Waals surface area contributed by atoms with Gasteiger partial charge in [0.25, 0.3) is 0 Å². The van der Waals surface area contributed by atoms with Gasteiger partial charge in [-0.15, -0.1) is 0 Å². The highest BCUT2D eigenvalue weighted by atomic mass is 19.1. The van der Waals surface area contributed by atoms with Crippen molar-refractivity contribution in [1.82, 2.24) is 14.5 Å². The van der Waals surface area contributed by atoms with E-state index < -0.39 is 0 Å². The monoisotopic (exact) mass is 430 g/mol. The number of aromatic nitrogens is 3. The molecule has 1 amide bonds. The fourth-order valence-electron chi connectivity index (χ4n) is 3.96. The maximum Gasteiger partial charge on any atom is 0.224 e. The number of fused-ring (bicyclic) bond motifs is 1. The van der Waals surface area contributed by atoms with Gasteiger partial charge in [0.2, 0.25) is 5.91 Å². The molecule has 1 aliphatic rings. The zero-order valence-corrected chi connectivity index (χ0v) is 17.6. The molecule has 0 radical (unpaired) electrons. The van der Waals surface area contributed by atoms with E-state index >= 15 is 0 Å². The molecule has 4 aromatic rings. The Hall–Kier alpha value is -3.74. The first kappa shape index (κ1) is 20.2. The molecule has 7 heteroatoms. The molecule has 1 aliphatic heterocycles. The SMILES string of the molecule is O=C(CCc1ncc(-c2ccccc2F)o1)Nc1cccc(-c2cn3c(n2)CCCC3)c1. The van der Waals surface area contributed by atoms with Crippen molar-refractivity contribution >= 4 is 11.6 Å². The normalized spacial score (nSPS) is 13.0. The number of nitrogens with zero attached hydrogens (tertiary/aromatic N) is 3. The molecule has 0 saturated carbocycles. The number of imidazole rings is 1. The standard InChI is InChI=1S/C25H23FN4O2/c26-20-9-2-1-8-19(20)22-15-27-25(32-22)12-11-24(31)28-18-7-5-6-17(14-18)21-16-30-13-4-3-10-23(30)29-21/h1-2,5-9,14-16H,3-4,10-13H2,(H,28,31). The molecule has 2 aromatic carbocycles. The van der Waals surface area contributed by atoms with E-state index in [0.29, 0.717) is 23.6 Å². The predicted molar refractivity (Wildman–Crippen MR) is 119 cm³/mol. The minimum Gasteiger partial charge on any atom is -0.441 e. The van der Waals surface area contributed by atoms with Gasteiger partial charge in [-0.2, -0.15) is 0 Å². The van der Waals surface area contributed by atoms with Crippen LogP contribution in [0, 0.1) is 5.82 Å². The van der Waals surface area contributed by atoms with Crippen molar-refractivity contribution in [3.63, 3.8) is 0 Å². The van der Waals surface area contributed by atoms with Gasteiger partial charge in [0.05, 0.1) is 17.5 Å². The summed E-state index contributed by atoms with van der Waals surface area (Å²) in [6.07, 6.45) is 7.48. The largest absolute Gasteiger partial charge is 0.441 e. The van der Waals surface area contributed by atoms with Crippen LogP contribution in [0.25, 0.3) is 22.6 Å². The van der Waals surface area contributed by atoms with Crippen molar-refractivity contribution < 1.29 is 13.6 Å². The molecule has 0 spiro atoms. The van der Waals surface area contributed by atoms with Crippen LogP contribution in [0.15, 0.2) is 65.3 Å². The van der Waals surface area contributed by atoms with E-state index in [4.69, 9.17) is 9.40 Å². The van der Waals surface area contributed by atoms with Crippen LogP contribution >= 0.6 is 0 Å². The van der Waals surface area contributed by atoms with E-state index in [0.717, 1.165) is 35.7 Å². The second-order valence-electron chi connectivity index (χ2n) is 7.92. The third-order valence-corrected chi connectivity index (χ3v) is 5.61. The number of carbonyl (C=O) groups excluding carboxylic acids is 1. The number of oxazole rings is 1. The first-order chi connectivity index (χ1) is 15.7. The summed E-state index contributed by atoms with van der Waals surface area (Å²) in [7, 11) is 0. The second-order valence-corrected chi connectivity index (χ2v) is 7.92. The molecule has 0 bridgehead atoms. The quantitative estimate of drug-likeness (QED) is 0.453. The number of aryl methyl sites for hydroxylation is 3. The number of hydrogen-bond acceptors (Lipinski definition) is 4. The zero-order chi connectivity index (χ0) is 21.9. The lowest BCUT2D eigenvalue weighted by molar-refractivity contribution is -0.116. The first-order valence-corrected chi connectivity index (χ1v) is 10.8. The minimum absolute atomic E-state index is 0.142. The lowest BCUT2D eigenvalue weighted by Crippen LogP contribution is -2.12. The summed E-state index contributed by atoms with van der Waals surface area (Å²) in [6, 6.07) is 14.1. The molecule has 32 heavy (non-hydrogen) atoms. The van der Waals surface area contributed by atoms with Crippen LogP contribution in [0.4, 0.5) is 10.1 Å². The van der Waals surface area contributed by atoms with Crippen LogP contribution in [-0.4, -0.2) is 20.4 Å². The van der Waals surface area contributed by atoms with Gasteiger partial charge in [-0.1, -0.05) is 24.3 Å². The molecule has 5 rings (SSSR count). The van der Waals surface area contributed by atoms with Crippen LogP contribution in [0.5, 0.6) is 0 Å². The Balaban J connectivity index is 1.21. The van der Waals surface area contributed by atoms with Crippen LogP contribution in [0.1, 0.15) is 31.0 Å². The van der Waals surface area contributed by atoms with Crippen molar-refractivity contribution in [2.75, 3.05) is 5.32 Å². The van der Waals surface area contributed by atoms with Crippen molar-refractivity contribution in [1.29, 1.82) is 0 Å². The maximum absolute atomic E-state index is 13.9. The van der Waals surface area contributed by atoms with Gasteiger partial charge in [-0.25, -0.2) is 14.4 Å². The van der Waals surface area contributed by atoms with Crippen LogP contribution in [-0.2, 0) is 24.2 Å². The maximum atomic E-state index is 13.9. The topological polar surface area (TPSA) is 73.0 Å². The number of rotatable bonds is 6. The Labute approximate surface area is 185 Å². The van der Waals surface area contributed by atoms with Gasteiger partial charge < -0.3 is 14.3 Å². The number of halogens is 1. The summed E-state index contributed by atoms with van der Waals surface area (Å²) in [6.45, 7) is 1.01. The zero-order valence-electron chi connectivity index (χ0n) is 17.6. The van der Waals surface area contributed by atoms with E-state index in [9.17, 15) is 9.18 Å². The molecule has 0 aliphatic carbocycles. The number of benzene rings is 2. The van der Waals surface area contributed by atoms with Crippen LogP contribution < -0.4 is 5.32 Å². The van der Waals surface area contributed by atoms with Crippen molar-refractivity contribution in [2.45, 2.75) is 38.6 Å². The summed E-state index contributed by atoms with van der Waals surface area (Å²) in [5.41, 5.74) is 2.98. The first-order valence-electron chi connectivity index (χ1n) is 10.8. The van der Waals surface area contributed by atoms with E-state index in [1.54, 1.807) is 18.2 Å². The highest BCUT2D eigenvalue weighted by molar-refractivity contribution is 5.91. The third-order valence-electron chi connectivity index (χ3n) is 5.61. The second kappa shape index (κ2) is 8.78. The Morgan fingerprint density at radius 1 is 1.16 bits per heavy atom. The number of amides is 1. The van der Waals surface area contributed by atoms with Gasteiger partial charge in [0.15, 0.2) is 11.7 Å². The van der Waals surface area contributed by atoms with E-state index in [2.05, 4.69) is 21.1 Å². The highest BCUT2D eigenvalue weighted by Crippen LogP contribution is 2.26. The fourth-order valence-corrected chi connectivity index (χ4v) is 3.96. The Morgan fingerprint density at radius 2 is 2.06 bits per heavy atom. The molecule has 162 valence electrons. The molecule has 2 aromatic heterocycles. The number of hydrogen-bond donors (Lipinski definition) is 1. The van der Waals surface area contributed by atoms with Gasteiger partial charge in [0, 0.05) is 43.3 Å². The fraction of sp³-hybridized carbons (Fsp3) is 0.240. The average Bonchev–Trinajstić information content (AvgIpc) is 3.45. The predicted octanol–water partition coefficient (Wildman–Crippen LogP) is 5.25. The number of carbonyl (C=O) groups is 1. The highest BCUT2D eigenvalue weighted by Gasteiger charge is 2.15. The molecule has 1 N–H and O–H groups in total. The molecule has 0 atom stereocenters. The molecule has 0 unspecified atom stereocenters. The summed E-state index contributed by atoms with van der Waals surface area (Å²) in [5.74, 6) is 1.37. The minimum atomic E-state index is -0.369. The Kier molecular flexibility index (Phi) is 5.54. The van der Waals surface area contributed by atoms with Gasteiger partial charge in [0.1, 0.15) is 11.6 Å². The van der Waals surface area contributed by atoms with Crippen molar-refractivity contribution in [3.8, 4) is 22.6 Å². The Bertz CT molecular complexity index is 1240. The van der Waals surface area contributed by atoms with Crippen molar-refractivity contribution in [3.05, 3.63) is 78.5 Å². The lowest BCUT2D eigenvalue weighted by atomic mass is 10.1.